The lowest BCUT2D eigenvalue weighted by Gasteiger charge is -2.35. The molecule has 0 saturated carbocycles. The average molecular weight is 513 g/mol. The molecule has 0 fully saturated rings. The van der Waals surface area contributed by atoms with E-state index in [1.165, 1.54) is 19.2 Å². The number of amides is 1. The van der Waals surface area contributed by atoms with Crippen LogP contribution in [0.2, 0.25) is 0 Å². The number of hydroxylamine groups is 1. The number of rotatable bonds is 13. The Hall–Kier alpha value is -3.17. The molecule has 8 heteroatoms. The highest BCUT2D eigenvalue weighted by Crippen LogP contribution is 2.42. The van der Waals surface area contributed by atoms with Crippen molar-refractivity contribution in [1.82, 2.24) is 10.4 Å². The zero-order valence-electron chi connectivity index (χ0n) is 21.2. The molecule has 0 aliphatic rings. The van der Waals surface area contributed by atoms with Gasteiger partial charge in [-0.1, -0.05) is 73.5 Å². The molecule has 0 aliphatic carbocycles. The van der Waals surface area contributed by atoms with E-state index in [2.05, 4.69) is 0 Å². The van der Waals surface area contributed by atoms with Crippen LogP contribution < -0.4 is 5.48 Å². The third-order valence-corrected chi connectivity index (χ3v) is 6.63. The summed E-state index contributed by atoms with van der Waals surface area (Å²) in [6.07, 6.45) is 2.66. The third-order valence-electron chi connectivity index (χ3n) is 6.63. The van der Waals surface area contributed by atoms with Crippen LogP contribution in [0.3, 0.4) is 0 Å². The molecule has 0 spiro atoms. The van der Waals surface area contributed by atoms with E-state index in [0.29, 0.717) is 24.1 Å². The largest absolute Gasteiger partial charge is 0.374 e. The van der Waals surface area contributed by atoms with Crippen LogP contribution in [0.25, 0.3) is 0 Å². The maximum Gasteiger partial charge on any atom is 0.243 e. The predicted molar refractivity (Wildman–Crippen MR) is 137 cm³/mol. The topological polar surface area (TPSA) is 82.0 Å². The Morgan fingerprint density at radius 3 is 1.97 bits per heavy atom. The summed E-state index contributed by atoms with van der Waals surface area (Å²) in [5.74, 6) is -1.43. The summed E-state index contributed by atoms with van der Waals surface area (Å²) in [6, 6.07) is 19.2. The predicted octanol–water partition coefficient (Wildman–Crippen LogP) is 5.28. The number of hydrogen-bond donors (Lipinski definition) is 3. The fourth-order valence-electron chi connectivity index (χ4n) is 4.61. The maximum atomic E-state index is 15.1. The van der Waals surface area contributed by atoms with Gasteiger partial charge in [0.25, 0.3) is 0 Å². The molecule has 1 amide bonds. The van der Waals surface area contributed by atoms with E-state index < -0.39 is 29.4 Å². The van der Waals surface area contributed by atoms with Gasteiger partial charge >= 0.3 is 0 Å². The number of nitrogens with one attached hydrogen (secondary N) is 1. The van der Waals surface area contributed by atoms with Crippen molar-refractivity contribution >= 4 is 5.91 Å². The number of aliphatic hydroxyl groups excluding tert-OH is 1. The minimum absolute atomic E-state index is 0.185. The van der Waals surface area contributed by atoms with Gasteiger partial charge in [-0.15, -0.1) is 0 Å². The molecule has 0 radical (unpaired) electrons. The van der Waals surface area contributed by atoms with E-state index in [4.69, 9.17) is 9.94 Å². The smallest absolute Gasteiger partial charge is 0.243 e. The Bertz CT molecular complexity index is 1110. The Morgan fingerprint density at radius 2 is 1.46 bits per heavy atom. The number of carbonyl (C=O) groups is 1. The minimum Gasteiger partial charge on any atom is -0.374 e. The van der Waals surface area contributed by atoms with Gasteiger partial charge in [-0.05, 0) is 43.1 Å². The van der Waals surface area contributed by atoms with Gasteiger partial charge in [0.1, 0.15) is 23.5 Å². The number of methoxy groups -OCH3 is 1. The molecule has 1 atom stereocenters. The molecule has 0 heterocycles. The lowest BCUT2D eigenvalue weighted by atomic mass is 9.79. The molecule has 6 nitrogen and oxygen atoms in total. The Balaban J connectivity index is 1.79. The first-order chi connectivity index (χ1) is 17.8. The van der Waals surface area contributed by atoms with Crippen LogP contribution in [-0.4, -0.2) is 41.8 Å². The molecular weight excluding hydrogens is 478 g/mol. The summed E-state index contributed by atoms with van der Waals surface area (Å²) in [6.45, 7) is 0.640. The van der Waals surface area contributed by atoms with Gasteiger partial charge in [-0.3, -0.25) is 14.9 Å². The molecule has 3 aromatic rings. The van der Waals surface area contributed by atoms with Crippen molar-refractivity contribution in [2.24, 2.45) is 0 Å². The monoisotopic (exact) mass is 512 g/mol. The molecule has 0 aromatic heterocycles. The van der Waals surface area contributed by atoms with Gasteiger partial charge in [0.05, 0.1) is 0 Å². The van der Waals surface area contributed by atoms with E-state index >= 15 is 8.78 Å². The summed E-state index contributed by atoms with van der Waals surface area (Å²) < 4.78 is 36.0. The number of nitrogens with zero attached hydrogens (tertiary/aromatic N) is 1. The van der Waals surface area contributed by atoms with Crippen molar-refractivity contribution in [2.75, 3.05) is 20.7 Å². The van der Waals surface area contributed by atoms with E-state index in [-0.39, 0.29) is 17.5 Å². The molecule has 3 N–H and O–H groups in total. The van der Waals surface area contributed by atoms with Gasteiger partial charge < -0.3 is 9.84 Å². The van der Waals surface area contributed by atoms with Crippen LogP contribution in [-0.2, 0) is 15.1 Å². The Morgan fingerprint density at radius 1 is 0.919 bits per heavy atom. The van der Waals surface area contributed by atoms with E-state index in [1.807, 2.05) is 11.9 Å². The highest BCUT2D eigenvalue weighted by atomic mass is 19.1. The molecule has 3 aromatic carbocycles. The lowest BCUT2D eigenvalue weighted by molar-refractivity contribution is -0.129. The molecule has 37 heavy (non-hydrogen) atoms. The first kappa shape index (κ1) is 28.4. The number of benzene rings is 3. The normalized spacial score (nSPS) is 12.5. The van der Waals surface area contributed by atoms with Gasteiger partial charge in [0, 0.05) is 31.2 Å². The zero-order valence-corrected chi connectivity index (χ0v) is 21.2. The first-order valence-corrected chi connectivity index (χ1v) is 12.3. The number of carbonyl (C=O) groups excluding carboxylic acids is 1. The first-order valence-electron chi connectivity index (χ1n) is 12.3. The van der Waals surface area contributed by atoms with E-state index in [1.54, 1.807) is 66.1 Å². The summed E-state index contributed by atoms with van der Waals surface area (Å²) in [5.41, 5.74) is 1.62. The second-order valence-corrected chi connectivity index (χ2v) is 9.02. The summed E-state index contributed by atoms with van der Waals surface area (Å²) in [5, 5.41) is 19.4. The van der Waals surface area contributed by atoms with Crippen molar-refractivity contribution in [2.45, 2.75) is 43.9 Å². The van der Waals surface area contributed by atoms with Crippen LogP contribution in [0.4, 0.5) is 8.78 Å². The van der Waals surface area contributed by atoms with Gasteiger partial charge in [0.15, 0.2) is 0 Å². The van der Waals surface area contributed by atoms with E-state index in [9.17, 15) is 9.90 Å². The van der Waals surface area contributed by atoms with Crippen molar-refractivity contribution in [3.63, 3.8) is 0 Å². The standard InChI is InChI=1S/C29H34F2N2O4/c1-33(20-10-4-3-5-15-27(34)32-36)28(35)21-16-18-22(19-17-21)29(37-2,23-11-6-8-13-25(23)30)24-12-7-9-14-26(24)31/h6-9,11-14,16-19,28,35-36H,3-5,10,15,20H2,1-2H3,(H,32,34). The second kappa shape index (κ2) is 13.4. The third kappa shape index (κ3) is 6.59. The molecular formula is C29H34F2N2O4. The molecule has 198 valence electrons. The molecule has 0 aliphatic heterocycles. The quantitative estimate of drug-likeness (QED) is 0.0954. The van der Waals surface area contributed by atoms with Crippen molar-refractivity contribution < 1.29 is 28.6 Å². The average Bonchev–Trinajstić information content (AvgIpc) is 2.92. The van der Waals surface area contributed by atoms with Crippen LogP contribution in [0.5, 0.6) is 0 Å². The molecule has 1 unspecified atom stereocenters. The number of halogens is 2. The van der Waals surface area contributed by atoms with Gasteiger partial charge in [-0.25, -0.2) is 14.3 Å². The van der Waals surface area contributed by atoms with Gasteiger partial charge in [-0.2, -0.15) is 0 Å². The molecule has 0 bridgehead atoms. The Kier molecular flexibility index (Phi) is 10.3. The SMILES string of the molecule is COC(c1ccc(C(O)N(C)CCCCCCC(=O)NO)cc1)(c1ccccc1F)c1ccccc1F. The second-order valence-electron chi connectivity index (χ2n) is 9.02. The summed E-state index contributed by atoms with van der Waals surface area (Å²) in [4.78, 5) is 12.9. The maximum absolute atomic E-state index is 15.1. The number of ether oxygens (including phenoxy) is 1. The van der Waals surface area contributed by atoms with Crippen molar-refractivity contribution in [3.8, 4) is 0 Å². The highest BCUT2D eigenvalue weighted by molar-refractivity contribution is 5.74. The van der Waals surface area contributed by atoms with Crippen LogP contribution in [0.15, 0.2) is 72.8 Å². The van der Waals surface area contributed by atoms with Crippen LogP contribution in [0, 0.1) is 11.6 Å². The van der Waals surface area contributed by atoms with Crippen molar-refractivity contribution in [3.05, 3.63) is 107 Å². The highest BCUT2D eigenvalue weighted by Gasteiger charge is 2.40. The number of aliphatic hydroxyl groups is 1. The minimum atomic E-state index is -1.53. The fraction of sp³-hybridized carbons (Fsp3) is 0.345. The van der Waals surface area contributed by atoms with Gasteiger partial charge in [0.2, 0.25) is 5.91 Å². The zero-order chi connectivity index (χ0) is 26.8. The fourth-order valence-corrected chi connectivity index (χ4v) is 4.61. The number of unbranched alkanes of at least 4 members (excludes halogenated alkanes) is 3. The van der Waals surface area contributed by atoms with Crippen LogP contribution >= 0.6 is 0 Å². The Labute approximate surface area is 216 Å². The summed E-state index contributed by atoms with van der Waals surface area (Å²) >= 11 is 0. The van der Waals surface area contributed by atoms with E-state index in [0.717, 1.165) is 19.3 Å². The summed E-state index contributed by atoms with van der Waals surface area (Å²) in [7, 11) is 3.24. The molecule has 0 saturated heterocycles. The molecule has 3 rings (SSSR count). The number of hydrogen-bond acceptors (Lipinski definition) is 5. The van der Waals surface area contributed by atoms with Crippen LogP contribution in [0.1, 0.15) is 60.6 Å². The van der Waals surface area contributed by atoms with Crippen molar-refractivity contribution in [1.29, 1.82) is 0 Å². The lowest BCUT2D eigenvalue weighted by Crippen LogP contribution is -2.34.